The van der Waals surface area contributed by atoms with Crippen LogP contribution in [-0.2, 0) is 4.79 Å². The molecule has 4 fully saturated rings. The Morgan fingerprint density at radius 3 is 2.57 bits per heavy atom. The highest BCUT2D eigenvalue weighted by Gasteiger charge is 2.58. The van der Waals surface area contributed by atoms with E-state index in [0.29, 0.717) is 34.7 Å². The minimum absolute atomic E-state index is 0.103. The van der Waals surface area contributed by atoms with Crippen LogP contribution in [0.3, 0.4) is 0 Å². The summed E-state index contributed by atoms with van der Waals surface area (Å²) in [7, 11) is 1.60. The van der Waals surface area contributed by atoms with E-state index in [4.69, 9.17) is 10.5 Å². The van der Waals surface area contributed by atoms with Gasteiger partial charge in [0.05, 0.1) is 7.11 Å². The zero-order chi connectivity index (χ0) is 19.5. The quantitative estimate of drug-likeness (QED) is 0.854. The van der Waals surface area contributed by atoms with Crippen molar-refractivity contribution < 1.29 is 14.3 Å². The van der Waals surface area contributed by atoms with Crippen molar-refractivity contribution in [2.24, 2.45) is 28.9 Å². The Labute approximate surface area is 163 Å². The highest BCUT2D eigenvalue weighted by Crippen LogP contribution is 2.59. The second-order valence-corrected chi connectivity index (χ2v) is 8.84. The maximum Gasteiger partial charge on any atom is 0.270 e. The van der Waals surface area contributed by atoms with Gasteiger partial charge in [-0.2, -0.15) is 0 Å². The normalized spacial score (nSPS) is 33.0. The fraction of sp³-hybridized carbons (Fsp3) is 0.500. The number of carbonyl (C=O) groups is 2. The van der Waals surface area contributed by atoms with Gasteiger partial charge < -0.3 is 15.8 Å². The summed E-state index contributed by atoms with van der Waals surface area (Å²) < 4.78 is 5.38. The van der Waals surface area contributed by atoms with Crippen LogP contribution in [-0.4, -0.2) is 29.9 Å². The Morgan fingerprint density at radius 2 is 1.89 bits per heavy atom. The first-order chi connectivity index (χ1) is 13.5. The smallest absolute Gasteiger partial charge is 0.270 e. The summed E-state index contributed by atoms with van der Waals surface area (Å²) in [5.41, 5.74) is 6.51. The predicted molar refractivity (Wildman–Crippen MR) is 105 cm³/mol. The first-order valence-electron chi connectivity index (χ1n) is 10.0. The molecule has 0 saturated heterocycles. The van der Waals surface area contributed by atoms with Gasteiger partial charge in [-0.3, -0.25) is 9.59 Å². The van der Waals surface area contributed by atoms with Crippen LogP contribution in [0.5, 0.6) is 5.75 Å². The number of hydrogen-bond acceptors (Lipinski definition) is 4. The largest absolute Gasteiger partial charge is 0.494 e. The van der Waals surface area contributed by atoms with Crippen LogP contribution in [0.15, 0.2) is 30.3 Å². The van der Waals surface area contributed by atoms with E-state index in [1.807, 2.05) is 24.3 Å². The molecule has 0 radical (unpaired) electrons. The van der Waals surface area contributed by atoms with Gasteiger partial charge in [0, 0.05) is 16.8 Å². The topological polar surface area (TPSA) is 94.3 Å². The molecule has 146 valence electrons. The molecule has 0 aliphatic heterocycles. The van der Waals surface area contributed by atoms with E-state index in [1.54, 1.807) is 13.2 Å². The summed E-state index contributed by atoms with van der Waals surface area (Å²) in [5, 5.41) is 4.18. The van der Waals surface area contributed by atoms with E-state index in [0.717, 1.165) is 37.5 Å². The molecule has 1 aromatic heterocycles. The molecule has 28 heavy (non-hydrogen) atoms. The highest BCUT2D eigenvalue weighted by atomic mass is 16.5. The molecule has 6 rings (SSSR count). The number of aromatic nitrogens is 1. The third-order valence-corrected chi connectivity index (χ3v) is 7.23. The summed E-state index contributed by atoms with van der Waals surface area (Å²) >= 11 is 0. The Bertz CT molecular complexity index is 957. The molecule has 2 aromatic rings. The summed E-state index contributed by atoms with van der Waals surface area (Å²) in [4.78, 5) is 29.6. The molecule has 4 aliphatic carbocycles. The third kappa shape index (κ3) is 2.58. The summed E-state index contributed by atoms with van der Waals surface area (Å²) in [6, 6.07) is 9.47. The molecule has 4 bridgehead atoms. The van der Waals surface area contributed by atoms with Gasteiger partial charge >= 0.3 is 0 Å². The molecule has 4 saturated carbocycles. The van der Waals surface area contributed by atoms with Crippen molar-refractivity contribution in [3.05, 3.63) is 36.0 Å². The predicted octanol–water partition coefficient (Wildman–Crippen LogP) is 2.65. The number of nitrogens with one attached hydrogen (secondary N) is 1. The van der Waals surface area contributed by atoms with Crippen LogP contribution in [0, 0.1) is 23.2 Å². The number of amides is 2. The number of benzene rings is 1. The van der Waals surface area contributed by atoms with Crippen molar-refractivity contribution >= 4 is 22.7 Å². The van der Waals surface area contributed by atoms with Gasteiger partial charge in [-0.05, 0) is 62.0 Å². The second-order valence-electron chi connectivity index (χ2n) is 8.84. The number of pyridine rings is 1. The standard InChI is InChI=1S/C22H25N3O3/c1-28-17-4-2-3-13-5-6-16(24-19(13)17)20(26)25-18-14-7-12-8-15(18)11-22(9-12,10-14)21(23)27/h2-6,12,14-15,18H,7-11H2,1H3,(H2,23,27)(H,25,26)/t12?,14?,15?,18-,22-. The Kier molecular flexibility index (Phi) is 3.86. The van der Waals surface area contributed by atoms with Gasteiger partial charge in [0.25, 0.3) is 5.91 Å². The Balaban J connectivity index is 1.39. The van der Waals surface area contributed by atoms with Crippen molar-refractivity contribution in [2.75, 3.05) is 7.11 Å². The number of fused-ring (bicyclic) bond motifs is 1. The molecule has 2 atom stereocenters. The minimum atomic E-state index is -0.341. The lowest BCUT2D eigenvalue weighted by molar-refractivity contribution is -0.145. The molecular weight excluding hydrogens is 354 g/mol. The van der Waals surface area contributed by atoms with E-state index in [9.17, 15) is 9.59 Å². The zero-order valence-corrected chi connectivity index (χ0v) is 16.0. The van der Waals surface area contributed by atoms with Gasteiger partial charge in [-0.1, -0.05) is 18.2 Å². The number of methoxy groups -OCH3 is 1. The monoisotopic (exact) mass is 379 g/mol. The molecule has 0 spiro atoms. The lowest BCUT2D eigenvalue weighted by Gasteiger charge is -2.58. The van der Waals surface area contributed by atoms with Crippen LogP contribution in [0.4, 0.5) is 0 Å². The molecule has 1 aromatic carbocycles. The lowest BCUT2D eigenvalue weighted by atomic mass is 9.47. The maximum absolute atomic E-state index is 13.0. The molecule has 3 N–H and O–H groups in total. The van der Waals surface area contributed by atoms with Crippen molar-refractivity contribution in [3.63, 3.8) is 0 Å². The number of nitrogens with two attached hydrogens (primary N) is 1. The molecule has 2 unspecified atom stereocenters. The second kappa shape index (κ2) is 6.19. The van der Waals surface area contributed by atoms with Crippen LogP contribution < -0.4 is 15.8 Å². The van der Waals surface area contributed by atoms with Crippen LogP contribution in [0.2, 0.25) is 0 Å². The van der Waals surface area contributed by atoms with Crippen molar-refractivity contribution in [1.82, 2.24) is 10.3 Å². The van der Waals surface area contributed by atoms with Gasteiger partial charge in [0.1, 0.15) is 17.0 Å². The third-order valence-electron chi connectivity index (χ3n) is 7.23. The number of carbonyl (C=O) groups excluding carboxylic acids is 2. The van der Waals surface area contributed by atoms with Gasteiger partial charge in [0.2, 0.25) is 5.91 Å². The first kappa shape index (κ1) is 17.5. The fourth-order valence-electron chi connectivity index (χ4n) is 6.20. The zero-order valence-electron chi connectivity index (χ0n) is 16.0. The Morgan fingerprint density at radius 1 is 1.14 bits per heavy atom. The van der Waals surface area contributed by atoms with Crippen LogP contribution in [0.1, 0.15) is 42.6 Å². The van der Waals surface area contributed by atoms with E-state index in [1.165, 1.54) is 0 Å². The van der Waals surface area contributed by atoms with Gasteiger partial charge in [0.15, 0.2) is 0 Å². The van der Waals surface area contributed by atoms with Gasteiger partial charge in [-0.15, -0.1) is 0 Å². The maximum atomic E-state index is 13.0. The average Bonchev–Trinajstić information content (AvgIpc) is 2.69. The lowest BCUT2D eigenvalue weighted by Crippen LogP contribution is -2.62. The summed E-state index contributed by atoms with van der Waals surface area (Å²) in [6.45, 7) is 0. The summed E-state index contributed by atoms with van der Waals surface area (Å²) in [5.74, 6) is 1.58. The molecule has 2 amide bonds. The van der Waals surface area contributed by atoms with Crippen molar-refractivity contribution in [2.45, 2.75) is 38.1 Å². The highest BCUT2D eigenvalue weighted by molar-refractivity contribution is 5.96. The van der Waals surface area contributed by atoms with E-state index in [2.05, 4.69) is 10.3 Å². The number of rotatable bonds is 4. The molecule has 4 aliphatic rings. The van der Waals surface area contributed by atoms with Crippen molar-refractivity contribution in [1.29, 1.82) is 0 Å². The first-order valence-corrected chi connectivity index (χ1v) is 10.0. The van der Waals surface area contributed by atoms with Crippen molar-refractivity contribution in [3.8, 4) is 5.75 Å². The molecule has 6 heteroatoms. The molecule has 1 heterocycles. The number of para-hydroxylation sites is 1. The summed E-state index contributed by atoms with van der Waals surface area (Å²) in [6.07, 6.45) is 4.70. The van der Waals surface area contributed by atoms with Gasteiger partial charge in [-0.25, -0.2) is 4.98 Å². The molecular formula is C22H25N3O3. The molecule has 6 nitrogen and oxygen atoms in total. The fourth-order valence-corrected chi connectivity index (χ4v) is 6.20. The minimum Gasteiger partial charge on any atom is -0.494 e. The number of hydrogen-bond donors (Lipinski definition) is 2. The number of ether oxygens (including phenoxy) is 1. The Hall–Kier alpha value is -2.63. The van der Waals surface area contributed by atoms with E-state index in [-0.39, 0.29) is 23.3 Å². The SMILES string of the molecule is COc1cccc2ccc(C(=O)N[C@H]3C4CC5CC3C[C@](C(N)=O)(C5)C4)nc12. The van der Waals surface area contributed by atoms with Crippen LogP contribution >= 0.6 is 0 Å². The average molecular weight is 379 g/mol. The number of primary amides is 1. The number of nitrogens with zero attached hydrogens (tertiary/aromatic N) is 1. The van der Waals surface area contributed by atoms with E-state index >= 15 is 0 Å². The van der Waals surface area contributed by atoms with E-state index < -0.39 is 0 Å². The van der Waals surface area contributed by atoms with Crippen LogP contribution in [0.25, 0.3) is 10.9 Å².